The second-order valence-corrected chi connectivity index (χ2v) is 5.81. The first-order valence-corrected chi connectivity index (χ1v) is 6.95. The van der Waals surface area contributed by atoms with Crippen LogP contribution in [-0.4, -0.2) is 46.5 Å². The first-order valence-electron chi connectivity index (χ1n) is 5.29. The van der Waals surface area contributed by atoms with Gasteiger partial charge in [-0.1, -0.05) is 0 Å². The van der Waals surface area contributed by atoms with Crippen LogP contribution >= 0.6 is 0 Å². The van der Waals surface area contributed by atoms with Crippen molar-refractivity contribution in [1.82, 2.24) is 10.0 Å². The molecule has 1 aliphatic heterocycles. The first kappa shape index (κ1) is 12.9. The summed E-state index contributed by atoms with van der Waals surface area (Å²) in [6, 6.07) is 0.143. The van der Waals surface area contributed by atoms with Gasteiger partial charge in [-0.3, -0.25) is 0 Å². The summed E-state index contributed by atoms with van der Waals surface area (Å²) in [6.07, 6.45) is 1.70. The summed E-state index contributed by atoms with van der Waals surface area (Å²) in [5.41, 5.74) is 0. The molecule has 0 spiro atoms. The van der Waals surface area contributed by atoms with Gasteiger partial charge in [0.25, 0.3) is 0 Å². The molecule has 15 heavy (non-hydrogen) atoms. The summed E-state index contributed by atoms with van der Waals surface area (Å²) in [5.74, 6) is 0.0867. The maximum atomic E-state index is 11.6. The minimum Gasteiger partial charge on any atom is -0.377 e. The van der Waals surface area contributed by atoms with Crippen molar-refractivity contribution in [3.63, 3.8) is 0 Å². The lowest BCUT2D eigenvalue weighted by molar-refractivity contribution is 0.127. The van der Waals surface area contributed by atoms with Crippen LogP contribution in [0.3, 0.4) is 0 Å². The van der Waals surface area contributed by atoms with Crippen molar-refractivity contribution in [2.75, 3.05) is 26.0 Å². The largest absolute Gasteiger partial charge is 0.377 e. The Labute approximate surface area is 91.6 Å². The van der Waals surface area contributed by atoms with Crippen molar-refractivity contribution in [2.45, 2.75) is 31.9 Å². The lowest BCUT2D eigenvalue weighted by Gasteiger charge is -2.14. The molecule has 0 aromatic rings. The molecule has 0 aromatic heterocycles. The zero-order valence-corrected chi connectivity index (χ0v) is 10.1. The van der Waals surface area contributed by atoms with E-state index >= 15 is 0 Å². The van der Waals surface area contributed by atoms with Gasteiger partial charge in [-0.25, -0.2) is 13.1 Å². The SMILES string of the molecule is CNC(C)CNS(=O)(=O)CC1CCCO1. The van der Waals surface area contributed by atoms with E-state index < -0.39 is 10.0 Å². The van der Waals surface area contributed by atoms with Crippen molar-refractivity contribution in [3.05, 3.63) is 0 Å². The summed E-state index contributed by atoms with van der Waals surface area (Å²) in [7, 11) is -1.38. The summed E-state index contributed by atoms with van der Waals surface area (Å²) in [4.78, 5) is 0. The minimum absolute atomic E-state index is 0.0867. The molecule has 0 aromatic carbocycles. The van der Waals surface area contributed by atoms with Crippen LogP contribution in [0.25, 0.3) is 0 Å². The van der Waals surface area contributed by atoms with Crippen molar-refractivity contribution in [3.8, 4) is 0 Å². The van der Waals surface area contributed by atoms with E-state index in [1.54, 1.807) is 7.05 Å². The molecule has 2 atom stereocenters. The van der Waals surface area contributed by atoms with Gasteiger partial charge in [0, 0.05) is 19.2 Å². The summed E-state index contributed by atoms with van der Waals surface area (Å²) < 4.78 is 31.0. The van der Waals surface area contributed by atoms with E-state index in [2.05, 4.69) is 10.0 Å². The third-order valence-electron chi connectivity index (χ3n) is 2.53. The van der Waals surface area contributed by atoms with Gasteiger partial charge in [-0.2, -0.15) is 0 Å². The fourth-order valence-corrected chi connectivity index (χ4v) is 2.81. The second kappa shape index (κ2) is 5.79. The van der Waals surface area contributed by atoms with Crippen LogP contribution in [0.15, 0.2) is 0 Å². The molecule has 90 valence electrons. The van der Waals surface area contributed by atoms with E-state index in [4.69, 9.17) is 4.74 Å². The van der Waals surface area contributed by atoms with E-state index in [9.17, 15) is 8.42 Å². The Bertz CT molecular complexity index is 273. The van der Waals surface area contributed by atoms with Crippen LogP contribution in [-0.2, 0) is 14.8 Å². The van der Waals surface area contributed by atoms with Gasteiger partial charge in [0.15, 0.2) is 0 Å². The van der Waals surface area contributed by atoms with Crippen LogP contribution < -0.4 is 10.0 Å². The molecule has 1 rings (SSSR count). The summed E-state index contributed by atoms with van der Waals surface area (Å²) >= 11 is 0. The summed E-state index contributed by atoms with van der Waals surface area (Å²) in [6.45, 7) is 3.03. The third-order valence-corrected chi connectivity index (χ3v) is 3.95. The Hall–Kier alpha value is -0.170. The van der Waals surface area contributed by atoms with E-state index in [0.29, 0.717) is 13.2 Å². The Kier molecular flexibility index (Phi) is 4.98. The van der Waals surface area contributed by atoms with Gasteiger partial charge in [-0.05, 0) is 26.8 Å². The number of nitrogens with one attached hydrogen (secondary N) is 2. The molecule has 1 saturated heterocycles. The van der Waals surface area contributed by atoms with Gasteiger partial charge in [0.05, 0.1) is 11.9 Å². The lowest BCUT2D eigenvalue weighted by atomic mass is 10.3. The van der Waals surface area contributed by atoms with Crippen LogP contribution in [0.2, 0.25) is 0 Å². The summed E-state index contributed by atoms with van der Waals surface area (Å²) in [5, 5.41) is 2.97. The maximum absolute atomic E-state index is 11.6. The molecule has 0 radical (unpaired) electrons. The molecule has 2 unspecified atom stereocenters. The lowest BCUT2D eigenvalue weighted by Crippen LogP contribution is -2.40. The molecule has 1 aliphatic rings. The molecule has 0 saturated carbocycles. The molecular formula is C9H20N2O3S. The average molecular weight is 236 g/mol. The molecule has 0 amide bonds. The molecule has 2 N–H and O–H groups in total. The second-order valence-electron chi connectivity index (χ2n) is 3.95. The van der Waals surface area contributed by atoms with Crippen LogP contribution in [0.1, 0.15) is 19.8 Å². The predicted molar refractivity (Wildman–Crippen MR) is 59.3 cm³/mol. The standard InChI is InChI=1S/C9H20N2O3S/c1-8(10-2)6-11-15(12,13)7-9-4-3-5-14-9/h8-11H,3-7H2,1-2H3. The topological polar surface area (TPSA) is 67.4 Å². The number of hydrogen-bond donors (Lipinski definition) is 2. The highest BCUT2D eigenvalue weighted by Crippen LogP contribution is 2.13. The van der Waals surface area contributed by atoms with Crippen LogP contribution in [0.5, 0.6) is 0 Å². The molecule has 1 heterocycles. The molecule has 5 nitrogen and oxygen atoms in total. The van der Waals surface area contributed by atoms with Crippen LogP contribution in [0.4, 0.5) is 0 Å². The normalized spacial score (nSPS) is 24.3. The van der Waals surface area contributed by atoms with E-state index in [1.165, 1.54) is 0 Å². The van der Waals surface area contributed by atoms with Gasteiger partial charge in [-0.15, -0.1) is 0 Å². The number of hydrogen-bond acceptors (Lipinski definition) is 4. The van der Waals surface area contributed by atoms with E-state index in [-0.39, 0.29) is 17.9 Å². The van der Waals surface area contributed by atoms with E-state index in [1.807, 2.05) is 6.92 Å². The van der Waals surface area contributed by atoms with Gasteiger partial charge in [0.1, 0.15) is 0 Å². The number of likely N-dealkylation sites (N-methyl/N-ethyl adjacent to an activating group) is 1. The zero-order valence-electron chi connectivity index (χ0n) is 9.32. The number of ether oxygens (including phenoxy) is 1. The first-order chi connectivity index (χ1) is 7.03. The van der Waals surface area contributed by atoms with Crippen molar-refractivity contribution < 1.29 is 13.2 Å². The molecular weight excluding hydrogens is 216 g/mol. The average Bonchev–Trinajstić information content (AvgIpc) is 2.66. The highest BCUT2D eigenvalue weighted by Gasteiger charge is 2.23. The quantitative estimate of drug-likeness (QED) is 0.664. The molecule has 0 aliphatic carbocycles. The predicted octanol–water partition coefficient (Wildman–Crippen LogP) is -0.307. The number of rotatable bonds is 6. The van der Waals surface area contributed by atoms with Crippen molar-refractivity contribution >= 4 is 10.0 Å². The van der Waals surface area contributed by atoms with E-state index in [0.717, 1.165) is 12.8 Å². The Morgan fingerprint density at radius 1 is 1.53 bits per heavy atom. The van der Waals surface area contributed by atoms with Crippen molar-refractivity contribution in [2.24, 2.45) is 0 Å². The number of sulfonamides is 1. The highest BCUT2D eigenvalue weighted by molar-refractivity contribution is 7.89. The minimum atomic E-state index is -3.19. The van der Waals surface area contributed by atoms with Crippen LogP contribution in [0, 0.1) is 0 Å². The highest BCUT2D eigenvalue weighted by atomic mass is 32.2. The zero-order chi connectivity index (χ0) is 11.3. The maximum Gasteiger partial charge on any atom is 0.214 e. The molecule has 6 heteroatoms. The van der Waals surface area contributed by atoms with Crippen molar-refractivity contribution in [1.29, 1.82) is 0 Å². The smallest absolute Gasteiger partial charge is 0.214 e. The fraction of sp³-hybridized carbons (Fsp3) is 1.00. The Balaban J connectivity index is 2.31. The van der Waals surface area contributed by atoms with Gasteiger partial charge < -0.3 is 10.1 Å². The van der Waals surface area contributed by atoms with Gasteiger partial charge in [0.2, 0.25) is 10.0 Å². The Morgan fingerprint density at radius 2 is 2.27 bits per heavy atom. The fourth-order valence-electron chi connectivity index (χ4n) is 1.43. The molecule has 1 fully saturated rings. The molecule has 0 bridgehead atoms. The van der Waals surface area contributed by atoms with Gasteiger partial charge >= 0.3 is 0 Å². The monoisotopic (exact) mass is 236 g/mol. The third kappa shape index (κ3) is 4.92. The Morgan fingerprint density at radius 3 is 2.80 bits per heavy atom.